The van der Waals surface area contributed by atoms with Crippen LogP contribution in [0.25, 0.3) is 0 Å². The molecule has 0 aliphatic carbocycles. The van der Waals surface area contributed by atoms with Gasteiger partial charge >= 0.3 is 0 Å². The molecule has 100 valence electrons. The van der Waals surface area contributed by atoms with Gasteiger partial charge in [0.05, 0.1) is 5.54 Å². The predicted molar refractivity (Wildman–Crippen MR) is 85.5 cm³/mol. The molecule has 2 aromatic rings. The Bertz CT molecular complexity index is 512. The quantitative estimate of drug-likeness (QED) is 0.780. The van der Waals surface area contributed by atoms with Crippen molar-refractivity contribution in [1.82, 2.24) is 5.32 Å². The van der Waals surface area contributed by atoms with Crippen LogP contribution < -0.4 is 5.32 Å². The molecule has 0 aromatic heterocycles. The number of halogens is 2. The summed E-state index contributed by atoms with van der Waals surface area (Å²) in [6.45, 7) is 2.93. The summed E-state index contributed by atoms with van der Waals surface area (Å²) >= 11 is 9.61. The van der Waals surface area contributed by atoms with Gasteiger partial charge in [0.1, 0.15) is 0 Å². The van der Waals surface area contributed by atoms with Crippen molar-refractivity contribution in [3.8, 4) is 0 Å². The van der Waals surface area contributed by atoms with Crippen LogP contribution in [0.4, 0.5) is 0 Å². The fraction of sp³-hybridized carbons (Fsp3) is 0.250. The monoisotopic (exact) mass is 337 g/mol. The molecule has 0 heterocycles. The van der Waals surface area contributed by atoms with Gasteiger partial charge in [0.15, 0.2) is 0 Å². The lowest BCUT2D eigenvalue weighted by molar-refractivity contribution is 0.407. The second kappa shape index (κ2) is 6.56. The maximum atomic E-state index is 6.16. The molecular weight excluding hydrogens is 322 g/mol. The molecule has 0 spiro atoms. The Morgan fingerprint density at radius 3 is 2.26 bits per heavy atom. The Kier molecular flexibility index (Phi) is 5.03. The summed E-state index contributed by atoms with van der Waals surface area (Å²) in [4.78, 5) is 0. The first-order valence-corrected chi connectivity index (χ1v) is 7.58. The molecule has 0 aliphatic rings. The minimum atomic E-state index is -0.212. The van der Waals surface area contributed by atoms with E-state index in [9.17, 15) is 0 Å². The molecule has 0 fully saturated rings. The molecule has 2 rings (SSSR count). The highest BCUT2D eigenvalue weighted by atomic mass is 79.9. The third-order valence-electron chi connectivity index (χ3n) is 3.27. The van der Waals surface area contributed by atoms with Crippen molar-refractivity contribution in [3.63, 3.8) is 0 Å². The lowest BCUT2D eigenvalue weighted by Crippen LogP contribution is -2.40. The standard InChI is InChI=1S/C16H17BrClN/c1-16(12-18,14-5-3-2-4-6-14)19-11-13-7-9-15(17)10-8-13/h2-10,19H,11-12H2,1H3. The van der Waals surface area contributed by atoms with Crippen molar-refractivity contribution >= 4 is 27.5 Å². The molecular formula is C16H17BrClN. The smallest absolute Gasteiger partial charge is 0.0545 e. The molecule has 0 saturated carbocycles. The van der Waals surface area contributed by atoms with Gasteiger partial charge in [-0.05, 0) is 30.2 Å². The molecule has 19 heavy (non-hydrogen) atoms. The summed E-state index contributed by atoms with van der Waals surface area (Å²) in [5.41, 5.74) is 2.24. The number of rotatable bonds is 5. The van der Waals surface area contributed by atoms with E-state index in [1.165, 1.54) is 11.1 Å². The lowest BCUT2D eigenvalue weighted by atomic mass is 9.94. The minimum absolute atomic E-state index is 0.212. The van der Waals surface area contributed by atoms with Crippen LogP contribution >= 0.6 is 27.5 Å². The van der Waals surface area contributed by atoms with Gasteiger partial charge in [0.25, 0.3) is 0 Å². The number of hydrogen-bond acceptors (Lipinski definition) is 1. The minimum Gasteiger partial charge on any atom is -0.303 e. The number of alkyl halides is 1. The SMILES string of the molecule is CC(CCl)(NCc1ccc(Br)cc1)c1ccccc1. The Morgan fingerprint density at radius 2 is 1.68 bits per heavy atom. The second-order valence-electron chi connectivity index (χ2n) is 4.81. The summed E-state index contributed by atoms with van der Waals surface area (Å²) < 4.78 is 1.10. The molecule has 2 aromatic carbocycles. The maximum absolute atomic E-state index is 6.16. The molecule has 3 heteroatoms. The Labute approximate surface area is 128 Å². The fourth-order valence-electron chi connectivity index (χ4n) is 1.93. The summed E-state index contributed by atoms with van der Waals surface area (Å²) in [6.07, 6.45) is 0. The highest BCUT2D eigenvalue weighted by molar-refractivity contribution is 9.10. The zero-order valence-corrected chi connectivity index (χ0v) is 13.2. The van der Waals surface area contributed by atoms with Crippen molar-refractivity contribution < 1.29 is 0 Å². The van der Waals surface area contributed by atoms with Crippen LogP contribution in [0.1, 0.15) is 18.1 Å². The van der Waals surface area contributed by atoms with Crippen LogP contribution in [-0.4, -0.2) is 5.88 Å². The third-order valence-corrected chi connectivity index (χ3v) is 4.34. The summed E-state index contributed by atoms with van der Waals surface area (Å²) in [7, 11) is 0. The van der Waals surface area contributed by atoms with Crippen LogP contribution in [0.2, 0.25) is 0 Å². The number of nitrogens with one attached hydrogen (secondary N) is 1. The van der Waals surface area contributed by atoms with Crippen molar-refractivity contribution in [3.05, 3.63) is 70.2 Å². The van der Waals surface area contributed by atoms with Gasteiger partial charge in [-0.3, -0.25) is 0 Å². The highest BCUT2D eigenvalue weighted by Gasteiger charge is 2.24. The highest BCUT2D eigenvalue weighted by Crippen LogP contribution is 2.23. The average Bonchev–Trinajstić information content (AvgIpc) is 2.47. The average molecular weight is 339 g/mol. The van der Waals surface area contributed by atoms with E-state index in [4.69, 9.17) is 11.6 Å². The maximum Gasteiger partial charge on any atom is 0.0545 e. The fourth-order valence-corrected chi connectivity index (χ4v) is 2.44. The summed E-state index contributed by atoms with van der Waals surface area (Å²) in [5.74, 6) is 0.535. The second-order valence-corrected chi connectivity index (χ2v) is 5.99. The summed E-state index contributed by atoms with van der Waals surface area (Å²) in [5, 5.41) is 3.55. The number of hydrogen-bond donors (Lipinski definition) is 1. The van der Waals surface area contributed by atoms with E-state index in [1.54, 1.807) is 0 Å². The normalized spacial score (nSPS) is 14.1. The van der Waals surface area contributed by atoms with Gasteiger partial charge in [0.2, 0.25) is 0 Å². The molecule has 1 atom stereocenters. The van der Waals surface area contributed by atoms with Gasteiger partial charge in [0, 0.05) is 16.9 Å². The largest absolute Gasteiger partial charge is 0.303 e. The predicted octanol–water partition coefficient (Wildman–Crippen LogP) is 4.69. The van der Waals surface area contributed by atoms with Gasteiger partial charge in [-0.25, -0.2) is 0 Å². The van der Waals surface area contributed by atoms with Gasteiger partial charge in [-0.1, -0.05) is 58.4 Å². The molecule has 0 aliphatic heterocycles. The molecule has 0 bridgehead atoms. The van der Waals surface area contributed by atoms with Gasteiger partial charge in [-0.15, -0.1) is 11.6 Å². The third kappa shape index (κ3) is 3.82. The van der Waals surface area contributed by atoms with E-state index in [0.717, 1.165) is 11.0 Å². The number of benzene rings is 2. The molecule has 0 radical (unpaired) electrons. The zero-order valence-electron chi connectivity index (χ0n) is 10.9. The zero-order chi connectivity index (χ0) is 13.7. The Balaban J connectivity index is 2.09. The molecule has 1 N–H and O–H groups in total. The molecule has 1 nitrogen and oxygen atoms in total. The van der Waals surface area contributed by atoms with Crippen molar-refractivity contribution in [2.45, 2.75) is 19.0 Å². The van der Waals surface area contributed by atoms with Crippen molar-refractivity contribution in [2.24, 2.45) is 0 Å². The molecule has 1 unspecified atom stereocenters. The Hall–Kier alpha value is -0.830. The summed E-state index contributed by atoms with van der Waals surface area (Å²) in [6, 6.07) is 18.6. The van der Waals surface area contributed by atoms with Crippen LogP contribution in [-0.2, 0) is 12.1 Å². The molecule has 0 amide bonds. The van der Waals surface area contributed by atoms with E-state index in [2.05, 4.69) is 64.6 Å². The van der Waals surface area contributed by atoms with Crippen molar-refractivity contribution in [2.75, 3.05) is 5.88 Å². The van der Waals surface area contributed by atoms with E-state index in [1.807, 2.05) is 18.2 Å². The van der Waals surface area contributed by atoms with E-state index in [-0.39, 0.29) is 5.54 Å². The topological polar surface area (TPSA) is 12.0 Å². The van der Waals surface area contributed by atoms with Crippen LogP contribution in [0.3, 0.4) is 0 Å². The van der Waals surface area contributed by atoms with Gasteiger partial charge in [-0.2, -0.15) is 0 Å². The lowest BCUT2D eigenvalue weighted by Gasteiger charge is -2.29. The molecule has 0 saturated heterocycles. The van der Waals surface area contributed by atoms with E-state index in [0.29, 0.717) is 5.88 Å². The van der Waals surface area contributed by atoms with E-state index < -0.39 is 0 Å². The van der Waals surface area contributed by atoms with Gasteiger partial charge < -0.3 is 5.32 Å². The Morgan fingerprint density at radius 1 is 1.05 bits per heavy atom. The van der Waals surface area contributed by atoms with E-state index >= 15 is 0 Å². The first-order chi connectivity index (χ1) is 9.14. The first kappa shape index (κ1) is 14.6. The van der Waals surface area contributed by atoms with Crippen molar-refractivity contribution in [1.29, 1.82) is 0 Å². The van der Waals surface area contributed by atoms with Crippen LogP contribution in [0.5, 0.6) is 0 Å². The van der Waals surface area contributed by atoms with Crippen LogP contribution in [0, 0.1) is 0 Å². The first-order valence-electron chi connectivity index (χ1n) is 6.25. The van der Waals surface area contributed by atoms with Crippen LogP contribution in [0.15, 0.2) is 59.1 Å².